The van der Waals surface area contributed by atoms with Crippen molar-refractivity contribution in [2.75, 3.05) is 23.8 Å². The highest BCUT2D eigenvalue weighted by molar-refractivity contribution is 8.06. The van der Waals surface area contributed by atoms with Crippen LogP contribution in [0, 0.1) is 0 Å². The summed E-state index contributed by atoms with van der Waals surface area (Å²) in [6.07, 6.45) is 2.08. The summed E-state index contributed by atoms with van der Waals surface area (Å²) in [5, 5.41) is 3.93. The minimum absolute atomic E-state index is 0.509. The van der Waals surface area contributed by atoms with Gasteiger partial charge in [-0.05, 0) is 6.42 Å². The summed E-state index contributed by atoms with van der Waals surface area (Å²) in [4.78, 5) is 9.70. The molecule has 2 aliphatic rings. The summed E-state index contributed by atoms with van der Waals surface area (Å²) in [6, 6.07) is 0. The predicted octanol–water partition coefficient (Wildman–Crippen LogP) is 2.21. The van der Waals surface area contributed by atoms with E-state index in [1.54, 1.807) is 0 Å². The quantitative estimate of drug-likeness (QED) is 0.899. The Morgan fingerprint density at radius 1 is 1.33 bits per heavy atom. The van der Waals surface area contributed by atoms with Crippen LogP contribution in [0.15, 0.2) is 0 Å². The number of nitrogens with one attached hydrogen (secondary N) is 1. The summed E-state index contributed by atoms with van der Waals surface area (Å²) in [5.74, 6) is 4.77. The van der Waals surface area contributed by atoms with Crippen LogP contribution in [0.2, 0.25) is 0 Å². The lowest BCUT2D eigenvalue weighted by Gasteiger charge is -2.24. The molecule has 1 aromatic rings. The second-order valence-corrected chi connectivity index (χ2v) is 7.13. The Bertz CT molecular complexity index is 413. The van der Waals surface area contributed by atoms with Crippen LogP contribution >= 0.6 is 23.5 Å². The van der Waals surface area contributed by atoms with Crippen LogP contribution in [-0.2, 0) is 19.4 Å². The number of rotatable bonds is 2. The van der Waals surface area contributed by atoms with Gasteiger partial charge in [-0.3, -0.25) is 0 Å². The molecular weight excluding hydrogens is 262 g/mol. The molecule has 98 valence electrons. The van der Waals surface area contributed by atoms with Gasteiger partial charge in [0.25, 0.3) is 0 Å². The molecule has 0 aliphatic carbocycles. The fourth-order valence-corrected chi connectivity index (χ4v) is 5.11. The Morgan fingerprint density at radius 2 is 2.28 bits per heavy atom. The first-order valence-corrected chi connectivity index (χ1v) is 8.87. The van der Waals surface area contributed by atoms with E-state index in [4.69, 9.17) is 9.97 Å². The average Bonchev–Trinajstić information content (AvgIpc) is 2.47. The van der Waals surface area contributed by atoms with Crippen LogP contribution in [0.1, 0.15) is 34.9 Å². The molecule has 3 rings (SSSR count). The Hall–Kier alpha value is -0.260. The van der Waals surface area contributed by atoms with Crippen molar-refractivity contribution in [3.8, 4) is 0 Å². The fourth-order valence-electron chi connectivity index (χ4n) is 2.51. The Morgan fingerprint density at radius 3 is 3.06 bits per heavy atom. The SMILES string of the molecule is CCc1nc(C2CSCCS2)nc2c1CNCC2. The zero-order chi connectivity index (χ0) is 12.4. The van der Waals surface area contributed by atoms with Crippen molar-refractivity contribution in [2.45, 2.75) is 31.6 Å². The molecule has 0 saturated carbocycles. The van der Waals surface area contributed by atoms with Crippen molar-refractivity contribution >= 4 is 23.5 Å². The molecule has 1 saturated heterocycles. The lowest BCUT2D eigenvalue weighted by atomic mass is 10.0. The van der Waals surface area contributed by atoms with Gasteiger partial charge in [-0.2, -0.15) is 11.8 Å². The molecule has 1 N–H and O–H groups in total. The first-order chi connectivity index (χ1) is 8.88. The lowest BCUT2D eigenvalue weighted by molar-refractivity contribution is 0.610. The summed E-state index contributed by atoms with van der Waals surface area (Å²) in [5.41, 5.74) is 3.92. The fraction of sp³-hybridized carbons (Fsp3) is 0.692. The maximum absolute atomic E-state index is 4.86. The van der Waals surface area contributed by atoms with Gasteiger partial charge >= 0.3 is 0 Å². The minimum Gasteiger partial charge on any atom is -0.312 e. The highest BCUT2D eigenvalue weighted by Crippen LogP contribution is 2.35. The summed E-state index contributed by atoms with van der Waals surface area (Å²) < 4.78 is 0. The van der Waals surface area contributed by atoms with E-state index in [9.17, 15) is 0 Å². The van der Waals surface area contributed by atoms with E-state index in [0.29, 0.717) is 5.25 Å². The van der Waals surface area contributed by atoms with E-state index in [2.05, 4.69) is 12.2 Å². The van der Waals surface area contributed by atoms with Gasteiger partial charge in [-0.1, -0.05) is 6.92 Å². The molecule has 0 bridgehead atoms. The lowest BCUT2D eigenvalue weighted by Crippen LogP contribution is -2.27. The third-order valence-electron chi connectivity index (χ3n) is 3.47. The second kappa shape index (κ2) is 5.80. The Kier molecular flexibility index (Phi) is 4.11. The Labute approximate surface area is 117 Å². The van der Waals surface area contributed by atoms with E-state index in [0.717, 1.165) is 31.8 Å². The molecule has 0 radical (unpaired) electrons. The van der Waals surface area contributed by atoms with E-state index >= 15 is 0 Å². The number of fused-ring (bicyclic) bond motifs is 1. The molecule has 1 fully saturated rings. The van der Waals surface area contributed by atoms with E-state index in [1.165, 1.54) is 34.2 Å². The average molecular weight is 281 g/mol. The van der Waals surface area contributed by atoms with Gasteiger partial charge < -0.3 is 5.32 Å². The zero-order valence-electron chi connectivity index (χ0n) is 10.7. The van der Waals surface area contributed by atoms with E-state index in [1.807, 2.05) is 23.5 Å². The van der Waals surface area contributed by atoms with Crippen LogP contribution in [0.5, 0.6) is 0 Å². The monoisotopic (exact) mass is 281 g/mol. The number of hydrogen-bond acceptors (Lipinski definition) is 5. The van der Waals surface area contributed by atoms with Crippen LogP contribution < -0.4 is 5.32 Å². The van der Waals surface area contributed by atoms with Gasteiger partial charge in [-0.25, -0.2) is 9.97 Å². The van der Waals surface area contributed by atoms with Crippen LogP contribution in [0.4, 0.5) is 0 Å². The molecule has 5 heteroatoms. The van der Waals surface area contributed by atoms with Gasteiger partial charge in [0, 0.05) is 48.0 Å². The molecule has 3 heterocycles. The molecule has 0 aromatic carbocycles. The molecule has 3 nitrogen and oxygen atoms in total. The van der Waals surface area contributed by atoms with Gasteiger partial charge in [-0.15, -0.1) is 11.8 Å². The second-order valence-electron chi connectivity index (χ2n) is 4.67. The number of nitrogens with zero attached hydrogens (tertiary/aromatic N) is 2. The molecule has 0 amide bonds. The van der Waals surface area contributed by atoms with Crippen LogP contribution in [0.3, 0.4) is 0 Å². The van der Waals surface area contributed by atoms with Gasteiger partial charge in [0.15, 0.2) is 0 Å². The van der Waals surface area contributed by atoms with Crippen LogP contribution in [-0.4, -0.2) is 33.8 Å². The van der Waals surface area contributed by atoms with Crippen molar-refractivity contribution in [3.05, 3.63) is 22.8 Å². The third kappa shape index (κ3) is 2.53. The maximum Gasteiger partial charge on any atom is 0.142 e. The summed E-state index contributed by atoms with van der Waals surface area (Å²) in [6.45, 7) is 4.20. The van der Waals surface area contributed by atoms with Crippen molar-refractivity contribution in [1.82, 2.24) is 15.3 Å². The molecule has 18 heavy (non-hydrogen) atoms. The predicted molar refractivity (Wildman–Crippen MR) is 79.3 cm³/mol. The first-order valence-electron chi connectivity index (χ1n) is 6.67. The van der Waals surface area contributed by atoms with E-state index in [-0.39, 0.29) is 0 Å². The van der Waals surface area contributed by atoms with Gasteiger partial charge in [0.05, 0.1) is 10.9 Å². The summed E-state index contributed by atoms with van der Waals surface area (Å²) in [7, 11) is 0. The summed E-state index contributed by atoms with van der Waals surface area (Å²) >= 11 is 4.06. The van der Waals surface area contributed by atoms with Crippen molar-refractivity contribution in [3.63, 3.8) is 0 Å². The Balaban J connectivity index is 1.94. The molecule has 1 unspecified atom stereocenters. The minimum atomic E-state index is 0.509. The largest absolute Gasteiger partial charge is 0.312 e. The van der Waals surface area contributed by atoms with Crippen molar-refractivity contribution in [2.24, 2.45) is 0 Å². The third-order valence-corrected chi connectivity index (χ3v) is 6.23. The molecule has 1 aromatic heterocycles. The maximum atomic E-state index is 4.86. The zero-order valence-corrected chi connectivity index (χ0v) is 12.4. The number of thioether (sulfide) groups is 2. The molecule has 0 spiro atoms. The number of aromatic nitrogens is 2. The molecular formula is C13H19N3S2. The standard InChI is InChI=1S/C13H19N3S2/c1-2-10-9-7-14-4-3-11(9)16-13(15-10)12-8-17-5-6-18-12/h12,14H,2-8H2,1H3. The number of hydrogen-bond donors (Lipinski definition) is 1. The molecule has 2 aliphatic heterocycles. The van der Waals surface area contributed by atoms with Gasteiger partial charge in [0.1, 0.15) is 5.82 Å². The molecule has 1 atom stereocenters. The van der Waals surface area contributed by atoms with E-state index < -0.39 is 0 Å². The smallest absolute Gasteiger partial charge is 0.142 e. The highest BCUT2D eigenvalue weighted by atomic mass is 32.2. The van der Waals surface area contributed by atoms with Crippen LogP contribution in [0.25, 0.3) is 0 Å². The topological polar surface area (TPSA) is 37.8 Å². The highest BCUT2D eigenvalue weighted by Gasteiger charge is 2.23. The normalized spacial score (nSPS) is 23.7. The number of aryl methyl sites for hydroxylation is 1. The van der Waals surface area contributed by atoms with Crippen molar-refractivity contribution < 1.29 is 0 Å². The first kappa shape index (κ1) is 12.8. The van der Waals surface area contributed by atoms with Gasteiger partial charge in [0.2, 0.25) is 0 Å². The van der Waals surface area contributed by atoms with Crippen molar-refractivity contribution in [1.29, 1.82) is 0 Å².